The van der Waals surface area contributed by atoms with E-state index in [9.17, 15) is 19.1 Å². The Bertz CT molecular complexity index is 1530. The van der Waals surface area contributed by atoms with E-state index < -0.39 is 18.5 Å². The molecule has 1 aliphatic rings. The highest BCUT2D eigenvalue weighted by molar-refractivity contribution is 7.22. The van der Waals surface area contributed by atoms with E-state index in [0.29, 0.717) is 30.9 Å². The Labute approximate surface area is 234 Å². The van der Waals surface area contributed by atoms with Crippen LogP contribution in [-0.2, 0) is 11.3 Å². The number of nitrogens with one attached hydrogen (secondary N) is 1. The zero-order valence-electron chi connectivity index (χ0n) is 22.0. The first-order valence-electron chi connectivity index (χ1n) is 12.7. The molecule has 0 aliphatic carbocycles. The molecule has 1 saturated heterocycles. The number of thiophene rings is 1. The number of anilines is 1. The Morgan fingerprint density at radius 1 is 1.12 bits per heavy atom. The van der Waals surface area contributed by atoms with E-state index in [1.54, 1.807) is 17.2 Å². The number of rotatable bonds is 7. The number of carbonyl (C=O) groups excluding carboxylic acids is 2. The fourth-order valence-electron chi connectivity index (χ4n) is 5.10. The largest absolute Gasteiger partial charge is 0.453 e. The van der Waals surface area contributed by atoms with Gasteiger partial charge in [0.15, 0.2) is 11.6 Å². The molecular formula is C28H29FN6O4S. The summed E-state index contributed by atoms with van der Waals surface area (Å²) in [6, 6.07) is 10.9. The molecule has 3 amide bonds. The second-order valence-corrected chi connectivity index (χ2v) is 10.8. The number of fused-ring (bicyclic) bond motifs is 1. The first-order chi connectivity index (χ1) is 19.2. The first-order valence-corrected chi connectivity index (χ1v) is 13.6. The van der Waals surface area contributed by atoms with Gasteiger partial charge < -0.3 is 25.8 Å². The molecule has 40 heavy (non-hydrogen) atoms. The summed E-state index contributed by atoms with van der Waals surface area (Å²) in [6.45, 7) is 5.65. The minimum absolute atomic E-state index is 0.00476. The molecule has 208 valence electrons. The van der Waals surface area contributed by atoms with Crippen molar-refractivity contribution in [3.05, 3.63) is 66.2 Å². The minimum atomic E-state index is -0.782. The van der Waals surface area contributed by atoms with Crippen molar-refractivity contribution in [2.75, 3.05) is 25.0 Å². The van der Waals surface area contributed by atoms with E-state index >= 15 is 0 Å². The van der Waals surface area contributed by atoms with Gasteiger partial charge in [-0.05, 0) is 43.7 Å². The second-order valence-electron chi connectivity index (χ2n) is 9.77. The lowest BCUT2D eigenvalue weighted by molar-refractivity contribution is -0.142. The molecule has 4 N–H and O–H groups in total. The fourth-order valence-corrected chi connectivity index (χ4v) is 6.14. The highest BCUT2D eigenvalue weighted by Crippen LogP contribution is 2.39. The third-order valence-corrected chi connectivity index (χ3v) is 7.86. The lowest BCUT2D eigenvalue weighted by Gasteiger charge is -2.44. The number of halogens is 1. The maximum Gasteiger partial charge on any atom is 0.316 e. The number of aliphatic hydroxyl groups is 1. The molecule has 4 aromatic rings. The molecule has 0 bridgehead atoms. The van der Waals surface area contributed by atoms with Gasteiger partial charge in [0.05, 0.1) is 20.8 Å². The predicted octanol–water partition coefficient (Wildman–Crippen LogP) is 4.19. The molecule has 5 rings (SSSR count). The smallest absolute Gasteiger partial charge is 0.316 e. The number of hydrogen-bond acceptors (Lipinski definition) is 8. The van der Waals surface area contributed by atoms with E-state index in [2.05, 4.69) is 20.2 Å². The summed E-state index contributed by atoms with van der Waals surface area (Å²) in [7, 11) is 0. The summed E-state index contributed by atoms with van der Waals surface area (Å²) in [4.78, 5) is 37.1. The fraction of sp³-hybridized carbons (Fsp3) is 0.286. The Balaban J connectivity index is 1.30. The number of hydrogen-bond donors (Lipinski definition) is 3. The van der Waals surface area contributed by atoms with Crippen molar-refractivity contribution in [3.8, 4) is 22.1 Å². The van der Waals surface area contributed by atoms with Gasteiger partial charge in [-0.25, -0.2) is 9.18 Å². The van der Waals surface area contributed by atoms with Crippen LogP contribution in [-0.4, -0.2) is 68.6 Å². The topological polar surface area (TPSA) is 134 Å². The van der Waals surface area contributed by atoms with Gasteiger partial charge in [0.1, 0.15) is 12.4 Å². The normalized spacial score (nSPS) is 17.6. The Morgan fingerprint density at radius 3 is 2.55 bits per heavy atom. The molecule has 1 aromatic carbocycles. The van der Waals surface area contributed by atoms with Gasteiger partial charge in [-0.1, -0.05) is 6.07 Å². The van der Waals surface area contributed by atoms with Gasteiger partial charge in [-0.15, -0.1) is 11.3 Å². The van der Waals surface area contributed by atoms with Crippen LogP contribution in [0.2, 0.25) is 0 Å². The van der Waals surface area contributed by atoms with Gasteiger partial charge in [0, 0.05) is 61.9 Å². The van der Waals surface area contributed by atoms with Crippen LogP contribution < -0.4 is 15.8 Å². The number of ether oxygens (including phenoxy) is 1. The number of aliphatic hydroxyl groups excluding tert-OH is 1. The zero-order valence-corrected chi connectivity index (χ0v) is 22.8. The molecule has 12 heteroatoms. The number of nitrogens with zero attached hydrogens (tertiary/aromatic N) is 4. The van der Waals surface area contributed by atoms with Crippen molar-refractivity contribution in [1.29, 1.82) is 0 Å². The Kier molecular flexibility index (Phi) is 7.92. The number of benzene rings is 1. The van der Waals surface area contributed by atoms with E-state index in [-0.39, 0.29) is 29.4 Å². The highest BCUT2D eigenvalue weighted by Gasteiger charge is 2.32. The number of aromatic nitrogens is 2. The van der Waals surface area contributed by atoms with Crippen LogP contribution in [0, 0.1) is 5.82 Å². The molecule has 0 radical (unpaired) electrons. The summed E-state index contributed by atoms with van der Waals surface area (Å²) >= 11 is 1.45. The summed E-state index contributed by atoms with van der Waals surface area (Å²) in [5.41, 5.74) is 7.86. The SMILES string of the molecule is C[C@@H]1CN(Cc2ccc(-c3cc4nccc(Oc5ccc(NC(N)=O)cc5F)c4s3)nc2)C[C@H](C)N1C(=O)CO. The van der Waals surface area contributed by atoms with Crippen molar-refractivity contribution >= 4 is 39.2 Å². The molecule has 0 unspecified atom stereocenters. The Hall–Kier alpha value is -4.13. The first kappa shape index (κ1) is 27.4. The van der Waals surface area contributed by atoms with E-state index in [1.807, 2.05) is 38.2 Å². The third kappa shape index (κ3) is 5.88. The Morgan fingerprint density at radius 2 is 1.90 bits per heavy atom. The number of nitrogens with two attached hydrogens (primary N) is 1. The summed E-state index contributed by atoms with van der Waals surface area (Å²) in [5.74, 6) is -0.423. The number of amides is 3. The van der Waals surface area contributed by atoms with Crippen LogP contribution in [0.4, 0.5) is 14.9 Å². The van der Waals surface area contributed by atoms with Crippen LogP contribution >= 0.6 is 11.3 Å². The second kappa shape index (κ2) is 11.5. The molecular weight excluding hydrogens is 535 g/mol. The molecule has 2 atom stereocenters. The van der Waals surface area contributed by atoms with Gasteiger partial charge in [-0.2, -0.15) is 0 Å². The average Bonchev–Trinajstić information content (AvgIpc) is 3.35. The number of pyridine rings is 2. The highest BCUT2D eigenvalue weighted by atomic mass is 32.1. The van der Waals surface area contributed by atoms with E-state index in [1.165, 1.54) is 23.5 Å². The van der Waals surface area contributed by atoms with Gasteiger partial charge >= 0.3 is 6.03 Å². The van der Waals surface area contributed by atoms with Crippen LogP contribution in [0.3, 0.4) is 0 Å². The van der Waals surface area contributed by atoms with Crippen molar-refractivity contribution in [2.45, 2.75) is 32.5 Å². The van der Waals surface area contributed by atoms with Crippen molar-refractivity contribution < 1.29 is 23.8 Å². The number of carbonyl (C=O) groups is 2. The molecule has 4 heterocycles. The van der Waals surface area contributed by atoms with Crippen LogP contribution in [0.25, 0.3) is 20.8 Å². The van der Waals surface area contributed by atoms with Crippen LogP contribution in [0.15, 0.2) is 54.9 Å². The lowest BCUT2D eigenvalue weighted by Crippen LogP contribution is -2.58. The summed E-state index contributed by atoms with van der Waals surface area (Å²) in [6.07, 6.45) is 3.45. The molecule has 0 spiro atoms. The van der Waals surface area contributed by atoms with Gasteiger partial charge in [0.25, 0.3) is 0 Å². The molecule has 1 aliphatic heterocycles. The number of primary amides is 1. The summed E-state index contributed by atoms with van der Waals surface area (Å²) in [5, 5.41) is 11.6. The van der Waals surface area contributed by atoms with E-state index in [0.717, 1.165) is 26.9 Å². The van der Waals surface area contributed by atoms with Crippen LogP contribution in [0.5, 0.6) is 11.5 Å². The zero-order chi connectivity index (χ0) is 28.4. The number of urea groups is 1. The standard InChI is InChI=1S/C28H29FN6O4S/c1-16-12-34(13-17(2)35(16)26(37)15-36)14-18-3-5-21(32-11-18)25-10-22-27(40-25)24(7-8-31-22)39-23-6-4-19(9-20(23)29)33-28(30)38/h3-11,16-17,36H,12-15H2,1-2H3,(H3,30,33,38)/t16-,17+. The van der Waals surface area contributed by atoms with Crippen LogP contribution in [0.1, 0.15) is 19.4 Å². The lowest BCUT2D eigenvalue weighted by atomic mass is 10.1. The van der Waals surface area contributed by atoms with Crippen molar-refractivity contribution in [3.63, 3.8) is 0 Å². The maximum absolute atomic E-state index is 14.6. The molecule has 0 saturated carbocycles. The van der Waals surface area contributed by atoms with Gasteiger partial charge in [-0.3, -0.25) is 19.7 Å². The predicted molar refractivity (Wildman–Crippen MR) is 151 cm³/mol. The quantitative estimate of drug-likeness (QED) is 0.306. The maximum atomic E-state index is 14.6. The molecule has 3 aromatic heterocycles. The van der Waals surface area contributed by atoms with Crippen molar-refractivity contribution in [2.24, 2.45) is 5.73 Å². The monoisotopic (exact) mass is 564 g/mol. The third-order valence-electron chi connectivity index (χ3n) is 6.70. The minimum Gasteiger partial charge on any atom is -0.453 e. The summed E-state index contributed by atoms with van der Waals surface area (Å²) < 4.78 is 21.2. The average molecular weight is 565 g/mol. The molecule has 10 nitrogen and oxygen atoms in total. The molecule has 1 fully saturated rings. The van der Waals surface area contributed by atoms with E-state index in [4.69, 9.17) is 10.5 Å². The van der Waals surface area contributed by atoms with Crippen molar-refractivity contribution in [1.82, 2.24) is 19.8 Å². The number of piperazine rings is 1. The van der Waals surface area contributed by atoms with Gasteiger partial charge in [0.2, 0.25) is 5.91 Å².